The summed E-state index contributed by atoms with van der Waals surface area (Å²) in [5.74, 6) is 0.395. The van der Waals surface area contributed by atoms with Crippen LogP contribution < -0.4 is 16.5 Å². The lowest BCUT2D eigenvalue weighted by Gasteiger charge is -2.19. The van der Waals surface area contributed by atoms with Crippen molar-refractivity contribution in [1.82, 2.24) is 9.99 Å². The van der Waals surface area contributed by atoms with E-state index in [1.165, 1.54) is 15.1 Å². The summed E-state index contributed by atoms with van der Waals surface area (Å²) < 4.78 is 1.42. The largest absolute Gasteiger partial charge is 0.384 e. The second kappa shape index (κ2) is 9.39. The lowest BCUT2D eigenvalue weighted by Crippen LogP contribution is -2.27. The minimum atomic E-state index is 0.163. The first-order valence-electron chi connectivity index (χ1n) is 9.57. The highest BCUT2D eigenvalue weighted by atomic mass is 32.1. The summed E-state index contributed by atoms with van der Waals surface area (Å²) in [6.07, 6.45) is 14.1. The molecule has 150 valence electrons. The number of nitrogens with zero attached hydrogens (tertiary/aromatic N) is 2. The van der Waals surface area contributed by atoms with Gasteiger partial charge >= 0.3 is 0 Å². The average molecular weight is 406 g/mol. The maximum absolute atomic E-state index is 8.33. The first-order chi connectivity index (χ1) is 13.9. The van der Waals surface area contributed by atoms with Crippen LogP contribution in [-0.2, 0) is 0 Å². The third-order valence-electron chi connectivity index (χ3n) is 4.63. The molecule has 0 saturated heterocycles. The van der Waals surface area contributed by atoms with E-state index < -0.39 is 0 Å². The number of anilines is 1. The van der Waals surface area contributed by atoms with Crippen LogP contribution in [0.4, 0.5) is 5.82 Å². The van der Waals surface area contributed by atoms with E-state index in [-0.39, 0.29) is 11.5 Å². The fourth-order valence-corrected chi connectivity index (χ4v) is 3.77. The number of aromatic nitrogens is 1. The van der Waals surface area contributed by atoms with Gasteiger partial charge in [0.1, 0.15) is 11.3 Å². The molecule has 2 heterocycles. The van der Waals surface area contributed by atoms with Gasteiger partial charge in [0.2, 0.25) is 0 Å². The van der Waals surface area contributed by atoms with Gasteiger partial charge in [0.25, 0.3) is 0 Å². The summed E-state index contributed by atoms with van der Waals surface area (Å²) >= 11 is 1.65. The molecule has 0 saturated carbocycles. The fourth-order valence-electron chi connectivity index (χ4n) is 3.02. The van der Waals surface area contributed by atoms with Crippen molar-refractivity contribution in [3.63, 3.8) is 0 Å². The molecule has 1 aliphatic carbocycles. The van der Waals surface area contributed by atoms with Gasteiger partial charge in [-0.3, -0.25) is 5.41 Å². The van der Waals surface area contributed by atoms with E-state index in [2.05, 4.69) is 42.1 Å². The lowest BCUT2D eigenvalue weighted by atomic mass is 10.1. The molecule has 3 rings (SSSR count). The summed E-state index contributed by atoms with van der Waals surface area (Å²) in [5.41, 5.74) is 9.27. The molecule has 0 amide bonds. The Hall–Kier alpha value is -3.12. The normalized spacial score (nSPS) is 20.9. The standard InChI is InChI=1S/C23H27N5S/c1-16-7-5-4-6-8-20(11-9-16)27-18(3)19-13-22(24)28(23(25)14-19)26-15-21-12-10-17(2)29-21/h4-8,10,12-15,20,24,27H,3,9,11,25H2,1-2H3/b5-4-,8-6+,16-7+,24-22?,26-15+. The monoisotopic (exact) mass is 405 g/mol. The molecule has 1 aliphatic rings. The Labute approximate surface area is 175 Å². The molecule has 0 bridgehead atoms. The number of rotatable bonds is 5. The SMILES string of the molecule is C=C(NC1/C=C/C=C\C=C(/C)CC1)c1cc(N)n(/N=C/c2ccc(C)s2)c(=N)c1. The van der Waals surface area contributed by atoms with Gasteiger partial charge in [-0.05, 0) is 51.0 Å². The van der Waals surface area contributed by atoms with E-state index in [1.807, 2.05) is 31.2 Å². The number of nitrogens with one attached hydrogen (secondary N) is 2. The summed E-state index contributed by atoms with van der Waals surface area (Å²) in [6.45, 7) is 8.35. The molecule has 0 aliphatic heterocycles. The zero-order chi connectivity index (χ0) is 20.8. The van der Waals surface area contributed by atoms with E-state index in [0.717, 1.165) is 29.0 Å². The smallest absolute Gasteiger partial charge is 0.148 e. The Balaban J connectivity index is 1.75. The van der Waals surface area contributed by atoms with Gasteiger partial charge in [-0.25, -0.2) is 4.68 Å². The van der Waals surface area contributed by atoms with Crippen LogP contribution in [-0.4, -0.2) is 16.9 Å². The first-order valence-corrected chi connectivity index (χ1v) is 10.4. The topological polar surface area (TPSA) is 79.2 Å². The molecule has 29 heavy (non-hydrogen) atoms. The fraction of sp³-hybridized carbons (Fsp3) is 0.217. The van der Waals surface area contributed by atoms with Gasteiger partial charge in [-0.1, -0.05) is 42.5 Å². The highest BCUT2D eigenvalue weighted by Crippen LogP contribution is 2.17. The molecule has 6 heteroatoms. The maximum Gasteiger partial charge on any atom is 0.148 e. The molecular formula is C23H27N5S. The van der Waals surface area contributed by atoms with E-state index in [0.29, 0.717) is 5.82 Å². The van der Waals surface area contributed by atoms with Crippen molar-refractivity contribution in [2.24, 2.45) is 5.10 Å². The molecule has 1 atom stereocenters. The molecule has 2 aromatic heterocycles. The highest BCUT2D eigenvalue weighted by molar-refractivity contribution is 7.13. The van der Waals surface area contributed by atoms with Crippen molar-refractivity contribution < 1.29 is 0 Å². The molecule has 5 nitrogen and oxygen atoms in total. The van der Waals surface area contributed by atoms with E-state index in [9.17, 15) is 0 Å². The van der Waals surface area contributed by atoms with Gasteiger partial charge < -0.3 is 11.1 Å². The first kappa shape index (κ1) is 20.6. The van der Waals surface area contributed by atoms with Crippen LogP contribution in [0.25, 0.3) is 5.70 Å². The summed E-state index contributed by atoms with van der Waals surface area (Å²) in [4.78, 5) is 2.24. The van der Waals surface area contributed by atoms with Gasteiger partial charge in [0.05, 0.1) is 6.21 Å². The Bertz CT molecular complexity index is 1070. The Morgan fingerprint density at radius 1 is 1.31 bits per heavy atom. The minimum absolute atomic E-state index is 0.163. The molecule has 4 N–H and O–H groups in total. The summed E-state index contributed by atoms with van der Waals surface area (Å²) in [6, 6.07) is 7.73. The van der Waals surface area contributed by atoms with E-state index >= 15 is 0 Å². The number of nitrogen functional groups attached to an aromatic ring is 1. The van der Waals surface area contributed by atoms with Gasteiger partial charge in [0, 0.05) is 27.1 Å². The molecule has 0 radical (unpaired) electrons. The van der Waals surface area contributed by atoms with Crippen molar-refractivity contribution in [2.75, 3.05) is 5.73 Å². The quantitative estimate of drug-likeness (QED) is 0.637. The zero-order valence-corrected chi connectivity index (χ0v) is 17.7. The van der Waals surface area contributed by atoms with Crippen LogP contribution in [0, 0.1) is 12.3 Å². The van der Waals surface area contributed by atoms with Crippen LogP contribution >= 0.6 is 11.3 Å². The Kier molecular flexibility index (Phi) is 6.67. The Morgan fingerprint density at radius 2 is 2.14 bits per heavy atom. The van der Waals surface area contributed by atoms with Crippen molar-refractivity contribution in [3.8, 4) is 0 Å². The van der Waals surface area contributed by atoms with Gasteiger partial charge in [-0.15, -0.1) is 11.3 Å². The van der Waals surface area contributed by atoms with Gasteiger partial charge in [0.15, 0.2) is 0 Å². The van der Waals surface area contributed by atoms with Crippen molar-refractivity contribution in [3.05, 3.63) is 87.6 Å². The Morgan fingerprint density at radius 3 is 2.86 bits per heavy atom. The molecule has 2 aromatic rings. The highest BCUT2D eigenvalue weighted by Gasteiger charge is 2.10. The molecule has 0 aromatic carbocycles. The number of aryl methyl sites for hydroxylation is 1. The molecular weight excluding hydrogens is 378 g/mol. The number of thiophene rings is 1. The number of pyridine rings is 1. The van der Waals surface area contributed by atoms with E-state index in [1.54, 1.807) is 29.7 Å². The average Bonchev–Trinajstić information content (AvgIpc) is 3.12. The van der Waals surface area contributed by atoms with Crippen LogP contribution in [0.15, 0.2) is 71.9 Å². The number of hydrogen-bond acceptors (Lipinski definition) is 5. The third-order valence-corrected chi connectivity index (χ3v) is 5.57. The number of hydrogen-bond donors (Lipinski definition) is 3. The molecule has 1 unspecified atom stereocenters. The number of allylic oxidation sites excluding steroid dienone is 5. The third kappa shape index (κ3) is 5.68. The predicted molar refractivity (Wildman–Crippen MR) is 124 cm³/mol. The van der Waals surface area contributed by atoms with Crippen LogP contribution in [0.1, 0.15) is 35.1 Å². The second-order valence-corrected chi connectivity index (χ2v) is 8.43. The van der Waals surface area contributed by atoms with Crippen molar-refractivity contribution >= 4 is 29.1 Å². The van der Waals surface area contributed by atoms with Crippen LogP contribution in [0.5, 0.6) is 0 Å². The number of nitrogens with two attached hydrogens (primary N) is 1. The summed E-state index contributed by atoms with van der Waals surface area (Å²) in [7, 11) is 0. The van der Waals surface area contributed by atoms with Crippen molar-refractivity contribution in [1.29, 1.82) is 5.41 Å². The summed E-state index contributed by atoms with van der Waals surface area (Å²) in [5, 5.41) is 16.1. The molecule has 0 fully saturated rings. The van der Waals surface area contributed by atoms with Gasteiger partial charge in [-0.2, -0.15) is 5.10 Å². The second-order valence-electron chi connectivity index (χ2n) is 7.11. The maximum atomic E-state index is 8.33. The van der Waals surface area contributed by atoms with Crippen molar-refractivity contribution in [2.45, 2.75) is 32.7 Å². The molecule has 0 spiro atoms. The van der Waals surface area contributed by atoms with Crippen LogP contribution in [0.3, 0.4) is 0 Å². The zero-order valence-electron chi connectivity index (χ0n) is 16.9. The van der Waals surface area contributed by atoms with E-state index in [4.69, 9.17) is 11.1 Å². The lowest BCUT2D eigenvalue weighted by molar-refractivity contribution is 0.646. The van der Waals surface area contributed by atoms with Crippen LogP contribution in [0.2, 0.25) is 0 Å². The predicted octanol–water partition coefficient (Wildman–Crippen LogP) is 4.58. The minimum Gasteiger partial charge on any atom is -0.384 e.